The normalized spacial score (nSPS) is 11.8. The van der Waals surface area contributed by atoms with Gasteiger partial charge in [0.1, 0.15) is 18.1 Å². The Morgan fingerprint density at radius 1 is 0.966 bits per heavy atom. The van der Waals surface area contributed by atoms with Crippen molar-refractivity contribution < 1.29 is 14.3 Å². The Bertz CT molecular complexity index is 916. The molecule has 0 aliphatic heterocycles. The molecule has 152 valence electrons. The van der Waals surface area contributed by atoms with Crippen LogP contribution in [0.15, 0.2) is 66.7 Å². The molecule has 0 radical (unpaired) electrons. The van der Waals surface area contributed by atoms with Crippen molar-refractivity contribution in [3.8, 4) is 11.5 Å². The molecule has 4 heteroatoms. The second-order valence-corrected chi connectivity index (χ2v) is 7.03. The maximum atomic E-state index is 12.6. The fourth-order valence-electron chi connectivity index (χ4n) is 3.27. The fourth-order valence-corrected chi connectivity index (χ4v) is 3.27. The highest BCUT2D eigenvalue weighted by atomic mass is 16.5. The van der Waals surface area contributed by atoms with E-state index in [0.29, 0.717) is 19.6 Å². The molecule has 3 aromatic carbocycles. The predicted octanol–water partition coefficient (Wildman–Crippen LogP) is 5.14. The molecule has 0 aliphatic rings. The van der Waals surface area contributed by atoms with Crippen LogP contribution >= 0.6 is 0 Å². The Morgan fingerprint density at radius 2 is 1.72 bits per heavy atom. The van der Waals surface area contributed by atoms with Gasteiger partial charge in [0.05, 0.1) is 6.54 Å². The van der Waals surface area contributed by atoms with Crippen LogP contribution in [0.25, 0.3) is 10.8 Å². The third-order valence-electron chi connectivity index (χ3n) is 4.81. The van der Waals surface area contributed by atoms with Crippen LogP contribution in [0, 0.1) is 0 Å². The fraction of sp³-hybridized carbons (Fsp3) is 0.320. The summed E-state index contributed by atoms with van der Waals surface area (Å²) < 4.78 is 11.8. The van der Waals surface area contributed by atoms with E-state index in [0.717, 1.165) is 35.1 Å². The molecule has 29 heavy (non-hydrogen) atoms. The van der Waals surface area contributed by atoms with Crippen LogP contribution in [-0.2, 0) is 11.2 Å². The minimum Gasteiger partial charge on any atom is -0.492 e. The summed E-state index contributed by atoms with van der Waals surface area (Å²) in [6.45, 7) is 4.97. The molecule has 0 saturated carbocycles. The zero-order chi connectivity index (χ0) is 20.5. The van der Waals surface area contributed by atoms with Crippen molar-refractivity contribution in [3.05, 3.63) is 72.3 Å². The molecule has 3 rings (SSSR count). The molecule has 0 fully saturated rings. The number of amides is 1. The lowest BCUT2D eigenvalue weighted by molar-refractivity contribution is -0.128. The van der Waals surface area contributed by atoms with Crippen molar-refractivity contribution >= 4 is 16.7 Å². The lowest BCUT2D eigenvalue weighted by atomic mass is 10.1. The average Bonchev–Trinajstić information content (AvgIpc) is 2.76. The van der Waals surface area contributed by atoms with E-state index in [9.17, 15) is 4.79 Å². The Hall–Kier alpha value is -3.01. The zero-order valence-electron chi connectivity index (χ0n) is 17.2. The highest BCUT2D eigenvalue weighted by Crippen LogP contribution is 2.26. The van der Waals surface area contributed by atoms with Crippen LogP contribution in [0.4, 0.5) is 0 Å². The number of hydrogen-bond donors (Lipinski definition) is 1. The van der Waals surface area contributed by atoms with Crippen molar-refractivity contribution in [2.45, 2.75) is 39.2 Å². The number of aryl methyl sites for hydroxylation is 1. The van der Waals surface area contributed by atoms with E-state index in [-0.39, 0.29) is 5.91 Å². The Labute approximate surface area is 172 Å². The molecule has 1 atom stereocenters. The van der Waals surface area contributed by atoms with E-state index in [1.807, 2.05) is 61.5 Å². The standard InChI is InChI=1S/C25H29NO3/c1-3-8-19-13-15-21(16-14-19)28-18-17-26-25(27)23(4-2)29-24-12-7-10-20-9-5-6-11-22(20)24/h5-7,9-16,23H,3-4,8,17-18H2,1-2H3,(H,26,27)/t23-/m0/s1. The lowest BCUT2D eigenvalue weighted by Crippen LogP contribution is -2.39. The number of nitrogens with one attached hydrogen (secondary N) is 1. The van der Waals surface area contributed by atoms with E-state index in [1.165, 1.54) is 5.56 Å². The van der Waals surface area contributed by atoms with Gasteiger partial charge in [-0.05, 0) is 42.0 Å². The second kappa shape index (κ2) is 10.5. The van der Waals surface area contributed by atoms with Gasteiger partial charge in [-0.3, -0.25) is 4.79 Å². The van der Waals surface area contributed by atoms with Crippen molar-refractivity contribution in [2.75, 3.05) is 13.2 Å². The van der Waals surface area contributed by atoms with E-state index in [1.54, 1.807) is 0 Å². The quantitative estimate of drug-likeness (QED) is 0.487. The van der Waals surface area contributed by atoms with Crippen LogP contribution in [0.1, 0.15) is 32.3 Å². The highest BCUT2D eigenvalue weighted by molar-refractivity contribution is 5.89. The summed E-state index contributed by atoms with van der Waals surface area (Å²) in [5, 5.41) is 5.02. The van der Waals surface area contributed by atoms with E-state index in [2.05, 4.69) is 24.4 Å². The Morgan fingerprint density at radius 3 is 2.48 bits per heavy atom. The number of rotatable bonds is 10. The zero-order valence-corrected chi connectivity index (χ0v) is 17.2. The van der Waals surface area contributed by atoms with E-state index in [4.69, 9.17) is 9.47 Å². The summed E-state index contributed by atoms with van der Waals surface area (Å²) in [4.78, 5) is 12.6. The second-order valence-electron chi connectivity index (χ2n) is 7.03. The van der Waals surface area contributed by atoms with Crippen molar-refractivity contribution in [2.24, 2.45) is 0 Å². The van der Waals surface area contributed by atoms with Gasteiger partial charge in [-0.2, -0.15) is 0 Å². The Balaban J connectivity index is 1.49. The molecule has 0 heterocycles. The SMILES string of the molecule is CCCc1ccc(OCCNC(=O)[C@H](CC)Oc2cccc3ccccc23)cc1. The maximum Gasteiger partial charge on any atom is 0.261 e. The van der Waals surface area contributed by atoms with Gasteiger partial charge < -0.3 is 14.8 Å². The Kier molecular flexibility index (Phi) is 7.51. The van der Waals surface area contributed by atoms with Gasteiger partial charge in [0.25, 0.3) is 5.91 Å². The summed E-state index contributed by atoms with van der Waals surface area (Å²) in [6.07, 6.45) is 2.26. The maximum absolute atomic E-state index is 12.6. The van der Waals surface area contributed by atoms with Crippen molar-refractivity contribution in [3.63, 3.8) is 0 Å². The molecule has 0 unspecified atom stereocenters. The summed E-state index contributed by atoms with van der Waals surface area (Å²) in [6, 6.07) is 22.0. The van der Waals surface area contributed by atoms with E-state index < -0.39 is 6.10 Å². The van der Waals surface area contributed by atoms with Gasteiger partial charge in [-0.15, -0.1) is 0 Å². The first kappa shape index (κ1) is 20.7. The number of fused-ring (bicyclic) bond motifs is 1. The van der Waals surface area contributed by atoms with Gasteiger partial charge in [-0.1, -0.05) is 68.8 Å². The molecule has 3 aromatic rings. The summed E-state index contributed by atoms with van der Waals surface area (Å²) in [7, 11) is 0. The number of carbonyl (C=O) groups is 1. The lowest BCUT2D eigenvalue weighted by Gasteiger charge is -2.18. The first-order valence-corrected chi connectivity index (χ1v) is 10.3. The van der Waals surface area contributed by atoms with Crippen LogP contribution in [0.3, 0.4) is 0 Å². The highest BCUT2D eigenvalue weighted by Gasteiger charge is 2.18. The number of ether oxygens (including phenoxy) is 2. The van der Waals surface area contributed by atoms with Crippen LogP contribution in [-0.4, -0.2) is 25.2 Å². The third kappa shape index (κ3) is 5.74. The molecule has 1 amide bonds. The molecular formula is C25H29NO3. The smallest absolute Gasteiger partial charge is 0.261 e. The van der Waals surface area contributed by atoms with Crippen molar-refractivity contribution in [1.82, 2.24) is 5.32 Å². The monoisotopic (exact) mass is 391 g/mol. The number of hydrogen-bond acceptors (Lipinski definition) is 3. The van der Waals surface area contributed by atoms with Crippen molar-refractivity contribution in [1.29, 1.82) is 0 Å². The summed E-state index contributed by atoms with van der Waals surface area (Å²) >= 11 is 0. The molecule has 0 bridgehead atoms. The molecule has 0 aliphatic carbocycles. The first-order valence-electron chi connectivity index (χ1n) is 10.3. The summed E-state index contributed by atoms with van der Waals surface area (Å²) in [5.41, 5.74) is 1.31. The minimum atomic E-state index is -0.533. The van der Waals surface area contributed by atoms with Crippen LogP contribution in [0.5, 0.6) is 11.5 Å². The van der Waals surface area contributed by atoms with Crippen LogP contribution in [0.2, 0.25) is 0 Å². The number of benzene rings is 3. The van der Waals surface area contributed by atoms with Gasteiger partial charge in [0.2, 0.25) is 0 Å². The van der Waals surface area contributed by atoms with Crippen LogP contribution < -0.4 is 14.8 Å². The van der Waals surface area contributed by atoms with Gasteiger partial charge in [0, 0.05) is 5.39 Å². The molecule has 1 N–H and O–H groups in total. The average molecular weight is 392 g/mol. The van der Waals surface area contributed by atoms with Gasteiger partial charge in [-0.25, -0.2) is 0 Å². The molecule has 4 nitrogen and oxygen atoms in total. The van der Waals surface area contributed by atoms with E-state index >= 15 is 0 Å². The summed E-state index contributed by atoms with van der Waals surface area (Å²) in [5.74, 6) is 1.42. The first-order chi connectivity index (χ1) is 14.2. The molecule has 0 aromatic heterocycles. The molecule has 0 spiro atoms. The van der Waals surface area contributed by atoms with Gasteiger partial charge in [0.15, 0.2) is 6.10 Å². The van der Waals surface area contributed by atoms with Gasteiger partial charge >= 0.3 is 0 Å². The molecular weight excluding hydrogens is 362 g/mol. The third-order valence-corrected chi connectivity index (χ3v) is 4.81. The minimum absolute atomic E-state index is 0.123. The predicted molar refractivity (Wildman–Crippen MR) is 118 cm³/mol. The number of carbonyl (C=O) groups excluding carboxylic acids is 1. The topological polar surface area (TPSA) is 47.6 Å². The molecule has 0 saturated heterocycles. The largest absolute Gasteiger partial charge is 0.492 e.